The zero-order chi connectivity index (χ0) is 66.5. The molecule has 5 fully saturated rings. The highest BCUT2D eigenvalue weighted by atomic mass is 16.8. The highest BCUT2D eigenvalue weighted by molar-refractivity contribution is 6.39. The topological polar surface area (TPSA) is 380 Å². The largest absolute Gasteiger partial charge is 0.511 e. The van der Waals surface area contributed by atoms with E-state index in [2.05, 4.69) is 0 Å². The number of methoxy groups -OCH3 is 3. The number of aliphatic hydroxyl groups is 9. The SMILES string of the molecule is CO[C@H]1C[C@@H]2CC[C@@H](C)[C@@](O)(O2)C(=O)C(=O)N2CCCCC2C(=O)O[C@H]([C@H](C)CC2CC[C@@H](O)[C@H](OC)C2)CC(=O)[C@H](C)/C=C(\C)[C@@H](OC(=O)O[C@@H]2O[C@H](CO)[C@@H](O)[C@H](O)[C@H]2O[C@H]2O[C@H](CO)[C@@H](O)[C@H](O)[C@H]2O)[C@@H](OC)C(=O)[C@H](C)C[C@H](C)/C=C/C=C/C=C/1C. The molecule has 1 saturated carbocycles. The zero-order valence-electron chi connectivity index (χ0n) is 53.4. The van der Waals surface area contributed by atoms with E-state index in [1.807, 2.05) is 32.9 Å². The zero-order valence-corrected chi connectivity index (χ0v) is 53.4. The number of piperidine rings is 1. The molecular weight excluding hydrogens is 1180 g/mol. The molecular formula is C64H99NO25. The van der Waals surface area contributed by atoms with Crippen molar-refractivity contribution in [1.29, 1.82) is 0 Å². The molecule has 0 spiro atoms. The van der Waals surface area contributed by atoms with E-state index in [0.29, 0.717) is 51.4 Å². The summed E-state index contributed by atoms with van der Waals surface area (Å²) in [6.45, 7) is 10.0. The first kappa shape index (κ1) is 74.6. The number of cyclic esters (lactones) is 1. The predicted octanol–water partition coefficient (Wildman–Crippen LogP) is 1.97. The molecule has 25 atom stereocenters. The molecule has 1 amide bonds. The Morgan fingerprint density at radius 1 is 0.733 bits per heavy atom. The van der Waals surface area contributed by atoms with Crippen molar-refractivity contribution in [2.45, 2.75) is 241 Å². The van der Waals surface area contributed by atoms with Crippen molar-refractivity contribution in [3.63, 3.8) is 0 Å². The van der Waals surface area contributed by atoms with Gasteiger partial charge in [0.05, 0.1) is 37.6 Å². The van der Waals surface area contributed by atoms with Crippen LogP contribution in [0.25, 0.3) is 0 Å². The maximum Gasteiger partial charge on any atom is 0.511 e. The van der Waals surface area contributed by atoms with Crippen LogP contribution in [0.2, 0.25) is 0 Å². The molecule has 510 valence electrons. The highest BCUT2D eigenvalue weighted by Crippen LogP contribution is 2.39. The van der Waals surface area contributed by atoms with Crippen LogP contribution < -0.4 is 0 Å². The first-order chi connectivity index (χ1) is 42.6. The van der Waals surface area contributed by atoms with Crippen molar-refractivity contribution in [1.82, 2.24) is 4.90 Å². The van der Waals surface area contributed by atoms with Gasteiger partial charge in [0, 0.05) is 58.5 Å². The number of nitrogens with zero attached hydrogens (tertiary/aromatic N) is 1. The summed E-state index contributed by atoms with van der Waals surface area (Å²) in [6, 6.07) is -1.28. The molecule has 6 aliphatic rings. The van der Waals surface area contributed by atoms with Crippen LogP contribution in [-0.4, -0.2) is 243 Å². The van der Waals surface area contributed by atoms with Gasteiger partial charge in [0.15, 0.2) is 30.4 Å². The minimum atomic E-state index is -2.53. The van der Waals surface area contributed by atoms with Crippen molar-refractivity contribution in [2.24, 2.45) is 35.5 Å². The fourth-order valence-corrected chi connectivity index (χ4v) is 13.1. The predicted molar refractivity (Wildman–Crippen MR) is 317 cm³/mol. The summed E-state index contributed by atoms with van der Waals surface area (Å²) < 4.78 is 58.2. The van der Waals surface area contributed by atoms with Gasteiger partial charge < -0.3 is 98.2 Å². The second-order valence-corrected chi connectivity index (χ2v) is 25.6. The number of aliphatic hydroxyl groups excluding tert-OH is 8. The minimum Gasteiger partial charge on any atom is -0.460 e. The van der Waals surface area contributed by atoms with E-state index in [4.69, 9.17) is 47.4 Å². The quantitative estimate of drug-likeness (QED) is 0.0766. The monoisotopic (exact) mass is 1280 g/mol. The van der Waals surface area contributed by atoms with E-state index in [-0.39, 0.29) is 43.2 Å². The van der Waals surface area contributed by atoms with Crippen molar-refractivity contribution < 1.29 is 122 Å². The van der Waals surface area contributed by atoms with Crippen molar-refractivity contribution in [3.05, 3.63) is 47.6 Å². The van der Waals surface area contributed by atoms with Gasteiger partial charge in [-0.2, -0.15) is 0 Å². The number of esters is 1. The van der Waals surface area contributed by atoms with Gasteiger partial charge in [0.25, 0.3) is 11.7 Å². The average Bonchev–Trinajstić information content (AvgIpc) is 0.816. The maximum atomic E-state index is 14.8. The molecule has 2 unspecified atom stereocenters. The highest BCUT2D eigenvalue weighted by Gasteiger charge is 2.55. The molecule has 5 aliphatic heterocycles. The standard InChI is InChI=1S/C64H99NO25/c1-32-16-12-11-13-17-33(2)44(81-8)28-40-21-19-38(7)64(80,90-40)58(76)59(77)65-23-15-14-18-41(65)60(78)84-45(35(4)26-39-20-22-42(68)46(27-39)82-9)29-43(69)34(3)25-37(6)55(56(83-10)49(70)36(5)24-32)88-63(79)89-62-57(53(74)51(72)48(31-67)86-62)87-61-54(75)52(73)50(71)47(30-66)85-61/h11-13,16-17,25,32,34-36,38-42,44-48,50-57,61-62,66-68,71-75,80H,14-15,18-24,26-31H2,1-10H3/b13-11+,16-12+,33-17+,37-25+/t32-,34-,35-,36-,38-,39?,40+,41?,42-,44+,45+,46-,47-,48-,50-,51-,52+,53+,54-,55-,56+,57-,61-,62+,64-/m1/s1. The molecule has 0 aromatic rings. The fraction of sp³-hybridized carbons (Fsp3) is 0.781. The van der Waals surface area contributed by atoms with Gasteiger partial charge in [-0.15, -0.1) is 0 Å². The van der Waals surface area contributed by atoms with Gasteiger partial charge in [0.1, 0.15) is 60.7 Å². The third-order valence-electron chi connectivity index (χ3n) is 18.8. The Morgan fingerprint density at radius 2 is 1.41 bits per heavy atom. The van der Waals surface area contributed by atoms with E-state index in [0.717, 1.165) is 10.5 Å². The van der Waals surface area contributed by atoms with Crippen LogP contribution >= 0.6 is 0 Å². The number of hydrogen-bond donors (Lipinski definition) is 9. The summed E-state index contributed by atoms with van der Waals surface area (Å²) in [5, 5.41) is 96.6. The second kappa shape index (κ2) is 34.1. The number of ether oxygens (including phenoxy) is 10. The molecule has 0 aromatic heterocycles. The second-order valence-electron chi connectivity index (χ2n) is 25.6. The van der Waals surface area contributed by atoms with E-state index < -0.39 is 195 Å². The van der Waals surface area contributed by atoms with Gasteiger partial charge in [-0.05, 0) is 107 Å². The van der Waals surface area contributed by atoms with Crippen LogP contribution in [0.3, 0.4) is 0 Å². The lowest BCUT2D eigenvalue weighted by Gasteiger charge is -2.45. The molecule has 1 aliphatic carbocycles. The van der Waals surface area contributed by atoms with E-state index in [1.165, 1.54) is 41.3 Å². The lowest BCUT2D eigenvalue weighted by Crippen LogP contribution is -2.64. The van der Waals surface area contributed by atoms with E-state index >= 15 is 0 Å². The van der Waals surface area contributed by atoms with Crippen LogP contribution in [0, 0.1) is 35.5 Å². The molecule has 6 rings (SSSR count). The Labute approximate surface area is 526 Å². The molecule has 4 saturated heterocycles. The maximum absolute atomic E-state index is 14.8. The number of allylic oxidation sites excluding steroid dienone is 6. The summed E-state index contributed by atoms with van der Waals surface area (Å²) in [7, 11) is 4.24. The Hall–Kier alpha value is -4.46. The Kier molecular flexibility index (Phi) is 28.3. The summed E-state index contributed by atoms with van der Waals surface area (Å²) in [5.41, 5.74) is 0.873. The minimum absolute atomic E-state index is 0.0162. The Bertz CT molecular complexity index is 2520. The van der Waals surface area contributed by atoms with Crippen molar-refractivity contribution in [2.75, 3.05) is 41.1 Å². The number of amides is 1. The fourth-order valence-electron chi connectivity index (χ4n) is 13.1. The average molecular weight is 1280 g/mol. The molecule has 26 heteroatoms. The summed E-state index contributed by atoms with van der Waals surface area (Å²) in [6.07, 6.45) is -12.9. The summed E-state index contributed by atoms with van der Waals surface area (Å²) in [4.78, 5) is 88.6. The molecule has 0 aromatic carbocycles. The van der Waals surface area contributed by atoms with Gasteiger partial charge in [0.2, 0.25) is 12.1 Å². The number of carbonyl (C=O) groups excluding carboxylic acids is 6. The molecule has 90 heavy (non-hydrogen) atoms. The Morgan fingerprint density at radius 3 is 2.07 bits per heavy atom. The van der Waals surface area contributed by atoms with Gasteiger partial charge in [-0.25, -0.2) is 9.59 Å². The van der Waals surface area contributed by atoms with Crippen LogP contribution in [0.4, 0.5) is 4.79 Å². The molecule has 0 radical (unpaired) electrons. The lowest BCUT2D eigenvalue weighted by atomic mass is 9.78. The van der Waals surface area contributed by atoms with Crippen molar-refractivity contribution >= 4 is 35.4 Å². The number of carbonyl (C=O) groups is 6. The van der Waals surface area contributed by atoms with E-state index in [9.17, 15) is 74.7 Å². The van der Waals surface area contributed by atoms with Gasteiger partial charge >= 0.3 is 12.1 Å². The lowest BCUT2D eigenvalue weighted by molar-refractivity contribution is -0.362. The third-order valence-corrected chi connectivity index (χ3v) is 18.8. The molecule has 2 bridgehead atoms. The number of fused-ring (bicyclic) bond motifs is 3. The first-order valence-electron chi connectivity index (χ1n) is 31.6. The molecule has 26 nitrogen and oxygen atoms in total. The normalized spacial score (nSPS) is 42.7. The number of hydrogen-bond acceptors (Lipinski definition) is 25. The van der Waals surface area contributed by atoms with E-state index in [1.54, 1.807) is 32.1 Å². The smallest absolute Gasteiger partial charge is 0.460 e. The van der Waals surface area contributed by atoms with Gasteiger partial charge in [-0.1, -0.05) is 71.1 Å². The van der Waals surface area contributed by atoms with Crippen LogP contribution in [0.5, 0.6) is 0 Å². The Balaban J connectivity index is 1.37. The third kappa shape index (κ3) is 18.5. The number of rotatable bonds is 12. The molecule has 5 heterocycles. The summed E-state index contributed by atoms with van der Waals surface area (Å²) >= 11 is 0. The van der Waals surface area contributed by atoms with Crippen molar-refractivity contribution in [3.8, 4) is 0 Å². The van der Waals surface area contributed by atoms with Crippen LogP contribution in [0.1, 0.15) is 126 Å². The molecule has 9 N–H and O–H groups in total. The summed E-state index contributed by atoms with van der Waals surface area (Å²) in [5.74, 6) is -10.2. The van der Waals surface area contributed by atoms with Crippen LogP contribution in [-0.2, 0) is 71.3 Å². The van der Waals surface area contributed by atoms with Crippen LogP contribution in [0.15, 0.2) is 47.6 Å². The number of Topliss-reactive ketones (excluding diaryl/α,β-unsaturated/α-hetero) is 3. The first-order valence-corrected chi connectivity index (χ1v) is 31.6. The van der Waals surface area contributed by atoms with Gasteiger partial charge in [-0.3, -0.25) is 19.2 Å². The number of ketones is 3.